The summed E-state index contributed by atoms with van der Waals surface area (Å²) in [5.41, 5.74) is 1.96. The van der Waals surface area contributed by atoms with E-state index in [2.05, 4.69) is 10.6 Å². The van der Waals surface area contributed by atoms with Crippen LogP contribution in [0.25, 0.3) is 0 Å². The van der Waals surface area contributed by atoms with Gasteiger partial charge in [-0.25, -0.2) is 0 Å². The second-order valence-corrected chi connectivity index (χ2v) is 5.62. The van der Waals surface area contributed by atoms with E-state index >= 15 is 0 Å². The summed E-state index contributed by atoms with van der Waals surface area (Å²) < 4.78 is 5.80. The van der Waals surface area contributed by atoms with Crippen LogP contribution in [0.4, 0.5) is 5.69 Å². The molecule has 5 heteroatoms. The molecule has 0 aromatic heterocycles. The van der Waals surface area contributed by atoms with E-state index in [0.717, 1.165) is 42.3 Å². The van der Waals surface area contributed by atoms with Crippen molar-refractivity contribution < 1.29 is 9.53 Å². The Morgan fingerprint density at radius 1 is 1.17 bits per heavy atom. The number of anilines is 1. The van der Waals surface area contributed by atoms with E-state index in [-0.39, 0.29) is 24.2 Å². The number of benzene rings is 2. The smallest absolute Gasteiger partial charge is 0.228 e. The molecule has 23 heavy (non-hydrogen) atoms. The molecule has 0 spiro atoms. The van der Waals surface area contributed by atoms with Crippen molar-refractivity contribution in [2.45, 2.75) is 13.3 Å². The third kappa shape index (κ3) is 4.71. The summed E-state index contributed by atoms with van der Waals surface area (Å²) in [4.78, 5) is 12.0. The standard InChI is InChI=1S/C18H20N2O2.ClH/c1-13-3-2-4-17(11-13)22-16-7-5-15(6-8-16)20-18(21)14-9-10-19-12-14;/h2-8,11,14,19H,9-10,12H2,1H3,(H,20,21);1H. The van der Waals surface area contributed by atoms with E-state index in [1.165, 1.54) is 0 Å². The maximum atomic E-state index is 12.0. The van der Waals surface area contributed by atoms with Crippen molar-refractivity contribution in [2.24, 2.45) is 5.92 Å². The Balaban J connectivity index is 0.00000192. The van der Waals surface area contributed by atoms with Gasteiger partial charge >= 0.3 is 0 Å². The van der Waals surface area contributed by atoms with Crippen LogP contribution >= 0.6 is 12.4 Å². The molecule has 1 atom stereocenters. The van der Waals surface area contributed by atoms with Gasteiger partial charge < -0.3 is 15.4 Å². The molecule has 4 nitrogen and oxygen atoms in total. The molecule has 1 aliphatic rings. The lowest BCUT2D eigenvalue weighted by Crippen LogP contribution is -2.24. The highest BCUT2D eigenvalue weighted by molar-refractivity contribution is 5.92. The van der Waals surface area contributed by atoms with Crippen molar-refractivity contribution >= 4 is 24.0 Å². The number of nitrogens with one attached hydrogen (secondary N) is 2. The Bertz CT molecular complexity index is 652. The third-order valence-corrected chi connectivity index (χ3v) is 3.78. The zero-order valence-electron chi connectivity index (χ0n) is 13.0. The van der Waals surface area contributed by atoms with Crippen molar-refractivity contribution in [3.8, 4) is 11.5 Å². The second-order valence-electron chi connectivity index (χ2n) is 5.62. The lowest BCUT2D eigenvalue weighted by atomic mass is 10.1. The third-order valence-electron chi connectivity index (χ3n) is 3.78. The van der Waals surface area contributed by atoms with Gasteiger partial charge in [-0.15, -0.1) is 12.4 Å². The fraction of sp³-hybridized carbons (Fsp3) is 0.278. The molecule has 2 aromatic carbocycles. The first kappa shape index (κ1) is 17.3. The highest BCUT2D eigenvalue weighted by Gasteiger charge is 2.22. The van der Waals surface area contributed by atoms with Crippen molar-refractivity contribution in [3.05, 3.63) is 54.1 Å². The van der Waals surface area contributed by atoms with Crippen LogP contribution in [0.2, 0.25) is 0 Å². The lowest BCUT2D eigenvalue weighted by Gasteiger charge is -2.11. The number of carbonyl (C=O) groups is 1. The molecule has 0 saturated carbocycles. The maximum Gasteiger partial charge on any atom is 0.228 e. The number of ether oxygens (including phenoxy) is 1. The Hall–Kier alpha value is -2.04. The van der Waals surface area contributed by atoms with E-state index in [1.54, 1.807) is 0 Å². The molecule has 1 aliphatic heterocycles. The van der Waals surface area contributed by atoms with Crippen LogP contribution in [-0.2, 0) is 4.79 Å². The summed E-state index contributed by atoms with van der Waals surface area (Å²) in [6, 6.07) is 15.4. The average molecular weight is 333 g/mol. The molecule has 1 saturated heterocycles. The number of aryl methyl sites for hydroxylation is 1. The van der Waals surface area contributed by atoms with E-state index in [0.29, 0.717) is 0 Å². The Kier molecular flexibility index (Phi) is 6.02. The SMILES string of the molecule is Cc1cccc(Oc2ccc(NC(=O)C3CCNC3)cc2)c1.Cl. The minimum Gasteiger partial charge on any atom is -0.457 e. The van der Waals surface area contributed by atoms with Gasteiger partial charge in [0.2, 0.25) is 5.91 Å². The van der Waals surface area contributed by atoms with Crippen molar-refractivity contribution in [2.75, 3.05) is 18.4 Å². The summed E-state index contributed by atoms with van der Waals surface area (Å²) in [5, 5.41) is 6.15. The van der Waals surface area contributed by atoms with E-state index in [9.17, 15) is 4.79 Å². The second kappa shape index (κ2) is 7.99. The molecular weight excluding hydrogens is 312 g/mol. The molecule has 0 radical (unpaired) electrons. The fourth-order valence-electron chi connectivity index (χ4n) is 2.54. The van der Waals surface area contributed by atoms with Gasteiger partial charge in [0.25, 0.3) is 0 Å². The number of amides is 1. The maximum absolute atomic E-state index is 12.0. The van der Waals surface area contributed by atoms with Gasteiger partial charge in [0.05, 0.1) is 5.92 Å². The topological polar surface area (TPSA) is 50.4 Å². The summed E-state index contributed by atoms with van der Waals surface area (Å²) in [5.74, 6) is 1.72. The zero-order valence-corrected chi connectivity index (χ0v) is 13.9. The monoisotopic (exact) mass is 332 g/mol. The molecule has 0 aliphatic carbocycles. The van der Waals surface area contributed by atoms with Gasteiger partial charge in [0.15, 0.2) is 0 Å². The predicted octanol–water partition coefficient (Wildman–Crippen LogP) is 3.76. The first-order valence-corrected chi connectivity index (χ1v) is 7.57. The van der Waals surface area contributed by atoms with E-state index in [4.69, 9.17) is 4.74 Å². The molecule has 1 heterocycles. The molecule has 1 amide bonds. The molecular formula is C18H21ClN2O2. The number of carbonyl (C=O) groups excluding carboxylic acids is 1. The number of hydrogen-bond acceptors (Lipinski definition) is 3. The van der Waals surface area contributed by atoms with Crippen LogP contribution in [0.15, 0.2) is 48.5 Å². The Morgan fingerprint density at radius 3 is 2.61 bits per heavy atom. The summed E-state index contributed by atoms with van der Waals surface area (Å²) in [6.07, 6.45) is 0.903. The largest absolute Gasteiger partial charge is 0.457 e. The molecule has 3 rings (SSSR count). The van der Waals surface area contributed by atoms with Gasteiger partial charge in [0, 0.05) is 12.2 Å². The lowest BCUT2D eigenvalue weighted by molar-refractivity contribution is -0.119. The Labute approximate surface area is 142 Å². The van der Waals surface area contributed by atoms with Crippen LogP contribution in [0, 0.1) is 12.8 Å². The molecule has 2 aromatic rings. The average Bonchev–Trinajstić information content (AvgIpc) is 3.04. The summed E-state index contributed by atoms with van der Waals surface area (Å²) in [6.45, 7) is 3.71. The highest BCUT2D eigenvalue weighted by Crippen LogP contribution is 2.24. The van der Waals surface area contributed by atoms with Gasteiger partial charge in [-0.1, -0.05) is 12.1 Å². The predicted molar refractivity (Wildman–Crippen MR) is 94.5 cm³/mol. The molecule has 1 unspecified atom stereocenters. The molecule has 0 bridgehead atoms. The first-order valence-electron chi connectivity index (χ1n) is 7.57. The fourth-order valence-corrected chi connectivity index (χ4v) is 2.54. The van der Waals surface area contributed by atoms with E-state index < -0.39 is 0 Å². The number of hydrogen-bond donors (Lipinski definition) is 2. The van der Waals surface area contributed by atoms with Gasteiger partial charge in [-0.05, 0) is 61.9 Å². The minimum absolute atomic E-state index is 0. The highest BCUT2D eigenvalue weighted by atomic mass is 35.5. The molecule has 2 N–H and O–H groups in total. The zero-order chi connectivity index (χ0) is 15.4. The molecule has 1 fully saturated rings. The first-order chi connectivity index (χ1) is 10.7. The van der Waals surface area contributed by atoms with Gasteiger partial charge in [-0.3, -0.25) is 4.79 Å². The van der Waals surface area contributed by atoms with E-state index in [1.807, 2.05) is 55.5 Å². The number of halogens is 1. The van der Waals surface area contributed by atoms with Crippen LogP contribution in [0.3, 0.4) is 0 Å². The van der Waals surface area contributed by atoms with Crippen LogP contribution in [0.5, 0.6) is 11.5 Å². The summed E-state index contributed by atoms with van der Waals surface area (Å²) in [7, 11) is 0. The Morgan fingerprint density at radius 2 is 1.96 bits per heavy atom. The quantitative estimate of drug-likeness (QED) is 0.896. The van der Waals surface area contributed by atoms with Gasteiger partial charge in [-0.2, -0.15) is 0 Å². The van der Waals surface area contributed by atoms with Crippen molar-refractivity contribution in [3.63, 3.8) is 0 Å². The van der Waals surface area contributed by atoms with Crippen LogP contribution in [-0.4, -0.2) is 19.0 Å². The normalized spacial score (nSPS) is 16.5. The van der Waals surface area contributed by atoms with Crippen molar-refractivity contribution in [1.29, 1.82) is 0 Å². The molecule has 122 valence electrons. The van der Waals surface area contributed by atoms with Crippen molar-refractivity contribution in [1.82, 2.24) is 5.32 Å². The minimum atomic E-state index is 0. The summed E-state index contributed by atoms with van der Waals surface area (Å²) >= 11 is 0. The van der Waals surface area contributed by atoms with Crippen LogP contribution in [0.1, 0.15) is 12.0 Å². The number of rotatable bonds is 4. The van der Waals surface area contributed by atoms with Crippen LogP contribution < -0.4 is 15.4 Å². The van der Waals surface area contributed by atoms with Gasteiger partial charge in [0.1, 0.15) is 11.5 Å².